The molecule has 0 aromatic rings. The lowest BCUT2D eigenvalue weighted by Gasteiger charge is -2.17. The van der Waals surface area contributed by atoms with Crippen molar-refractivity contribution in [2.75, 3.05) is 6.54 Å². The summed E-state index contributed by atoms with van der Waals surface area (Å²) in [5.41, 5.74) is 3.38. The van der Waals surface area contributed by atoms with Crippen molar-refractivity contribution in [1.29, 1.82) is 0 Å². The molecule has 30 heavy (non-hydrogen) atoms. The van der Waals surface area contributed by atoms with Crippen LogP contribution in [-0.4, -0.2) is 28.9 Å². The topological polar surface area (TPSA) is 69.9 Å². The van der Waals surface area contributed by atoms with Gasteiger partial charge in [0.25, 0.3) is 0 Å². The Morgan fingerprint density at radius 1 is 1.23 bits per heavy atom. The molecule has 0 heterocycles. The van der Waals surface area contributed by atoms with Crippen LogP contribution in [0.1, 0.15) is 47.0 Å². The first-order valence-electron chi connectivity index (χ1n) is 10.1. The van der Waals surface area contributed by atoms with Crippen LogP contribution in [0.3, 0.4) is 0 Å². The summed E-state index contributed by atoms with van der Waals surface area (Å²) in [6, 6.07) is 0. The van der Waals surface area contributed by atoms with Gasteiger partial charge in [-0.3, -0.25) is 4.99 Å². The first-order valence-corrected chi connectivity index (χ1v) is 10.1. The Balaban J connectivity index is 3.56. The van der Waals surface area contributed by atoms with Crippen LogP contribution < -0.4 is 0 Å². The molecule has 5 heteroatoms. The molecule has 0 aromatic heterocycles. The van der Waals surface area contributed by atoms with Crippen molar-refractivity contribution in [3.8, 4) is 0 Å². The summed E-state index contributed by atoms with van der Waals surface area (Å²) in [5, 5.41) is 19.8. The summed E-state index contributed by atoms with van der Waals surface area (Å²) in [6.45, 7) is 15.6. The second-order valence-corrected chi connectivity index (χ2v) is 7.24. The van der Waals surface area contributed by atoms with Gasteiger partial charge in [0.05, 0.1) is 0 Å². The smallest absolute Gasteiger partial charge is 0.341 e. The van der Waals surface area contributed by atoms with Crippen LogP contribution in [-0.2, 0) is 4.79 Å². The lowest BCUT2D eigenvalue weighted by Crippen LogP contribution is -2.06. The number of aliphatic hydroxyl groups is 1. The lowest BCUT2D eigenvalue weighted by molar-refractivity contribution is -0.132. The number of aliphatic hydroxyl groups excluding tert-OH is 1. The molecule has 0 amide bonds. The van der Waals surface area contributed by atoms with Crippen molar-refractivity contribution < 1.29 is 19.4 Å². The molecular formula is C25H32FNO3. The third-order valence-corrected chi connectivity index (χ3v) is 4.87. The number of allylic oxidation sites excluding steroid dienone is 10. The molecule has 0 bridgehead atoms. The highest BCUT2D eigenvalue weighted by atomic mass is 19.1. The molecule has 0 radical (unpaired) electrons. The second kappa shape index (κ2) is 11.9. The van der Waals surface area contributed by atoms with E-state index in [9.17, 15) is 19.4 Å². The molecule has 162 valence electrons. The quantitative estimate of drug-likeness (QED) is 0.174. The molecule has 1 saturated carbocycles. The molecule has 1 aliphatic rings. The number of rotatable bonds is 11. The van der Waals surface area contributed by atoms with E-state index in [4.69, 9.17) is 0 Å². The minimum atomic E-state index is -1.26. The Labute approximate surface area is 178 Å². The zero-order valence-corrected chi connectivity index (χ0v) is 18.3. The Hall–Kier alpha value is -2.95. The van der Waals surface area contributed by atoms with E-state index >= 15 is 0 Å². The zero-order chi connectivity index (χ0) is 22.8. The van der Waals surface area contributed by atoms with Gasteiger partial charge < -0.3 is 10.2 Å². The van der Waals surface area contributed by atoms with Gasteiger partial charge in [-0.1, -0.05) is 32.2 Å². The van der Waals surface area contributed by atoms with Gasteiger partial charge in [0.2, 0.25) is 0 Å². The van der Waals surface area contributed by atoms with Crippen molar-refractivity contribution in [3.63, 3.8) is 0 Å². The first kappa shape index (κ1) is 25.1. The third-order valence-electron chi connectivity index (χ3n) is 4.87. The van der Waals surface area contributed by atoms with Crippen LogP contribution in [0, 0.1) is 5.92 Å². The van der Waals surface area contributed by atoms with Crippen LogP contribution >= 0.6 is 0 Å². The van der Waals surface area contributed by atoms with E-state index in [1.165, 1.54) is 24.4 Å². The van der Waals surface area contributed by atoms with E-state index in [2.05, 4.69) is 18.2 Å². The Morgan fingerprint density at radius 3 is 2.33 bits per heavy atom. The second-order valence-electron chi connectivity index (χ2n) is 7.24. The van der Waals surface area contributed by atoms with Crippen molar-refractivity contribution in [3.05, 3.63) is 82.5 Å². The van der Waals surface area contributed by atoms with Crippen LogP contribution in [0.2, 0.25) is 0 Å². The maximum atomic E-state index is 14.0. The molecule has 0 aliphatic heterocycles. The number of nitrogens with zero attached hydrogens (tertiary/aromatic N) is 1. The number of hydrogen-bond acceptors (Lipinski definition) is 3. The summed E-state index contributed by atoms with van der Waals surface area (Å²) in [6.07, 6.45) is 9.73. The number of aliphatic carboxylic acids is 1. The van der Waals surface area contributed by atoms with Crippen LogP contribution in [0.4, 0.5) is 4.39 Å². The van der Waals surface area contributed by atoms with Gasteiger partial charge in [0.1, 0.15) is 17.2 Å². The molecule has 1 rings (SSSR count). The molecule has 0 unspecified atom stereocenters. The van der Waals surface area contributed by atoms with E-state index in [1.54, 1.807) is 19.9 Å². The van der Waals surface area contributed by atoms with Gasteiger partial charge in [0, 0.05) is 12.8 Å². The molecular weight excluding hydrogens is 381 g/mol. The minimum absolute atomic E-state index is 0.280. The molecule has 0 spiro atoms. The van der Waals surface area contributed by atoms with Gasteiger partial charge in [-0.2, -0.15) is 0 Å². The molecule has 0 saturated heterocycles. The average molecular weight is 414 g/mol. The van der Waals surface area contributed by atoms with E-state index in [-0.39, 0.29) is 17.2 Å². The van der Waals surface area contributed by atoms with E-state index < -0.39 is 5.97 Å². The number of carboxylic acid groups (broad SMARTS) is 1. The van der Waals surface area contributed by atoms with E-state index in [0.29, 0.717) is 23.6 Å². The highest BCUT2D eigenvalue weighted by Gasteiger charge is 2.28. The van der Waals surface area contributed by atoms with Gasteiger partial charge in [-0.05, 0) is 86.0 Å². The standard InChI is InChI=1S/C25H32FNO3/c1-7-12-27-15-22(25(29)30)23(28)13-16(4)17(5)24(18(6)20-10-11-20)19(8-2)14-21(26)9-3/h8-9,13-15,20,28H,2,6-7,10-12H2,1,3-5H3,(H,29,30)/b16-13+,19-14+,21-9+,23-22-,24-17-,27-15?. The van der Waals surface area contributed by atoms with E-state index in [0.717, 1.165) is 36.0 Å². The van der Waals surface area contributed by atoms with Gasteiger partial charge >= 0.3 is 5.97 Å². The van der Waals surface area contributed by atoms with Crippen LogP contribution in [0.25, 0.3) is 0 Å². The summed E-state index contributed by atoms with van der Waals surface area (Å²) in [4.78, 5) is 15.5. The fourth-order valence-electron chi connectivity index (χ4n) is 2.85. The van der Waals surface area contributed by atoms with Crippen molar-refractivity contribution >= 4 is 12.2 Å². The predicted molar refractivity (Wildman–Crippen MR) is 122 cm³/mol. The molecule has 1 fully saturated rings. The Kier molecular flexibility index (Phi) is 9.96. The summed E-state index contributed by atoms with van der Waals surface area (Å²) in [5.74, 6) is -1.70. The van der Waals surface area contributed by atoms with Crippen LogP contribution in [0.15, 0.2) is 87.5 Å². The molecule has 4 nitrogen and oxygen atoms in total. The van der Waals surface area contributed by atoms with E-state index in [1.807, 2.05) is 13.8 Å². The summed E-state index contributed by atoms with van der Waals surface area (Å²) in [7, 11) is 0. The first-order chi connectivity index (χ1) is 14.2. The molecule has 0 atom stereocenters. The third kappa shape index (κ3) is 7.14. The predicted octanol–water partition coefficient (Wildman–Crippen LogP) is 6.58. The number of aliphatic imine (C=N–C) groups is 1. The normalized spacial score (nSPS) is 17.6. The highest BCUT2D eigenvalue weighted by molar-refractivity contribution is 6.09. The summed E-state index contributed by atoms with van der Waals surface area (Å²) < 4.78 is 14.0. The maximum Gasteiger partial charge on any atom is 0.341 e. The lowest BCUT2D eigenvalue weighted by atomic mass is 9.88. The SMILES string of the molecule is C=CC(=C\C(F)=C/C)/C(C(=C)C1CC1)=C(C)\C(C)=C\C(O)=C(/C=NCCC)C(=O)O. The number of carbonyl (C=O) groups is 1. The van der Waals surface area contributed by atoms with Gasteiger partial charge in [0.15, 0.2) is 0 Å². The highest BCUT2D eigenvalue weighted by Crippen LogP contribution is 2.43. The number of halogens is 1. The number of carboxylic acids is 1. The Morgan fingerprint density at radius 2 is 1.87 bits per heavy atom. The fourth-order valence-corrected chi connectivity index (χ4v) is 2.85. The molecule has 2 N–H and O–H groups in total. The number of hydrogen-bond donors (Lipinski definition) is 2. The zero-order valence-electron chi connectivity index (χ0n) is 18.3. The van der Waals surface area contributed by atoms with Gasteiger partial charge in [-0.15, -0.1) is 0 Å². The average Bonchev–Trinajstić information content (AvgIpc) is 3.54. The van der Waals surface area contributed by atoms with Crippen LogP contribution in [0.5, 0.6) is 0 Å². The van der Waals surface area contributed by atoms with Crippen molar-refractivity contribution in [2.45, 2.75) is 47.0 Å². The molecule has 0 aromatic carbocycles. The van der Waals surface area contributed by atoms with Gasteiger partial charge in [-0.25, -0.2) is 9.18 Å². The van der Waals surface area contributed by atoms with Crippen molar-refractivity contribution in [1.82, 2.24) is 0 Å². The molecule has 1 aliphatic carbocycles. The van der Waals surface area contributed by atoms with Crippen molar-refractivity contribution in [2.24, 2.45) is 10.9 Å². The summed E-state index contributed by atoms with van der Waals surface area (Å²) >= 11 is 0. The fraction of sp³-hybridized carbons (Fsp3) is 0.360. The monoisotopic (exact) mass is 413 g/mol. The minimum Gasteiger partial charge on any atom is -0.507 e. The Bertz CT molecular complexity index is 878. The largest absolute Gasteiger partial charge is 0.507 e. The maximum absolute atomic E-state index is 14.0.